The zero-order chi connectivity index (χ0) is 17.1. The number of aliphatic hydroxyl groups is 1. The molecule has 1 spiro atoms. The molecule has 0 bridgehead atoms. The molecule has 0 atom stereocenters. The number of nitrogens with one attached hydrogen (secondary N) is 1. The minimum absolute atomic E-state index is 0.147. The number of halogens is 1. The lowest BCUT2D eigenvalue weighted by molar-refractivity contribution is -0.139. The Morgan fingerprint density at radius 2 is 2.17 bits per heavy atom. The number of nitrogens with zero attached hydrogens (tertiary/aromatic N) is 2. The van der Waals surface area contributed by atoms with Crippen molar-refractivity contribution in [3.8, 4) is 0 Å². The fourth-order valence-corrected chi connectivity index (χ4v) is 3.80. The minimum atomic E-state index is -1.33. The Morgan fingerprint density at radius 3 is 2.83 bits per heavy atom. The molecular formula is C17H20ClN3O3. The monoisotopic (exact) mass is 349 g/mol. The van der Waals surface area contributed by atoms with E-state index in [0.717, 1.165) is 37.0 Å². The van der Waals surface area contributed by atoms with E-state index in [1.54, 1.807) is 12.1 Å². The molecule has 2 fully saturated rings. The molecule has 6 nitrogen and oxygen atoms in total. The summed E-state index contributed by atoms with van der Waals surface area (Å²) in [6.07, 6.45) is 1.86. The van der Waals surface area contributed by atoms with Crippen molar-refractivity contribution in [2.24, 2.45) is 5.41 Å². The lowest BCUT2D eigenvalue weighted by Gasteiger charge is -2.58. The van der Waals surface area contributed by atoms with Gasteiger partial charge < -0.3 is 19.7 Å². The minimum Gasteiger partial charge on any atom is -0.423 e. The predicted molar refractivity (Wildman–Crippen MR) is 91.1 cm³/mol. The van der Waals surface area contributed by atoms with Gasteiger partial charge in [-0.15, -0.1) is 0 Å². The van der Waals surface area contributed by atoms with Crippen molar-refractivity contribution < 1.29 is 14.3 Å². The van der Waals surface area contributed by atoms with E-state index in [1.807, 2.05) is 6.07 Å². The van der Waals surface area contributed by atoms with Crippen LogP contribution in [0.25, 0.3) is 11.1 Å². The number of benzene rings is 1. The van der Waals surface area contributed by atoms with Crippen LogP contribution in [0.5, 0.6) is 0 Å². The molecule has 1 amide bonds. The van der Waals surface area contributed by atoms with Crippen molar-refractivity contribution in [2.75, 3.05) is 18.0 Å². The first-order chi connectivity index (χ1) is 11.2. The zero-order valence-corrected chi connectivity index (χ0v) is 14.4. The first-order valence-corrected chi connectivity index (χ1v) is 8.46. The number of hydrogen-bond acceptors (Lipinski definition) is 5. The summed E-state index contributed by atoms with van der Waals surface area (Å²) in [7, 11) is 0. The second kappa shape index (κ2) is 5.10. The molecule has 2 aliphatic rings. The SMILES string of the molecule is CC(C)(O)C(=O)NC1CC2(C1)CN(c1nc3cc(Cl)ccc3o1)C2. The molecule has 1 saturated carbocycles. The molecule has 7 heteroatoms. The highest BCUT2D eigenvalue weighted by molar-refractivity contribution is 6.31. The van der Waals surface area contributed by atoms with Crippen LogP contribution < -0.4 is 10.2 Å². The van der Waals surface area contributed by atoms with Gasteiger partial charge in [0.25, 0.3) is 11.9 Å². The molecule has 2 heterocycles. The summed E-state index contributed by atoms with van der Waals surface area (Å²) >= 11 is 5.97. The van der Waals surface area contributed by atoms with Gasteiger partial charge in [0, 0.05) is 29.6 Å². The van der Waals surface area contributed by atoms with Gasteiger partial charge in [-0.25, -0.2) is 0 Å². The summed E-state index contributed by atoms with van der Waals surface area (Å²) in [6, 6.07) is 6.19. The maximum atomic E-state index is 11.8. The molecule has 1 aromatic heterocycles. The van der Waals surface area contributed by atoms with Crippen LogP contribution in [-0.4, -0.2) is 40.7 Å². The third-order valence-electron chi connectivity index (χ3n) is 4.91. The number of anilines is 1. The average Bonchev–Trinajstić information content (AvgIpc) is 2.80. The standard InChI is InChI=1S/C17H20ClN3O3/c1-16(2,23)14(22)19-11-6-17(7-11)8-21(9-17)15-20-12-5-10(18)3-4-13(12)24-15/h3-5,11,23H,6-9H2,1-2H3,(H,19,22). The Bertz CT molecular complexity index is 797. The topological polar surface area (TPSA) is 78.6 Å². The van der Waals surface area contributed by atoms with E-state index in [9.17, 15) is 9.90 Å². The average molecular weight is 350 g/mol. The van der Waals surface area contributed by atoms with Crippen LogP contribution in [0.2, 0.25) is 5.02 Å². The predicted octanol–water partition coefficient (Wildman–Crippen LogP) is 2.34. The van der Waals surface area contributed by atoms with E-state index < -0.39 is 5.60 Å². The lowest BCUT2D eigenvalue weighted by atomic mass is 9.60. The van der Waals surface area contributed by atoms with Gasteiger partial charge >= 0.3 is 0 Å². The highest BCUT2D eigenvalue weighted by Gasteiger charge is 2.54. The molecule has 0 unspecified atom stereocenters. The normalized spacial score (nSPS) is 20.1. The summed E-state index contributed by atoms with van der Waals surface area (Å²) in [5.74, 6) is -0.311. The third kappa shape index (κ3) is 2.63. The van der Waals surface area contributed by atoms with E-state index in [4.69, 9.17) is 16.0 Å². The Hall–Kier alpha value is -1.79. The second-order valence-corrected chi connectivity index (χ2v) is 8.04. The van der Waals surface area contributed by atoms with Gasteiger partial charge in [0.05, 0.1) is 0 Å². The van der Waals surface area contributed by atoms with Crippen LogP contribution in [0.4, 0.5) is 6.01 Å². The Labute approximate surface area is 144 Å². The van der Waals surface area contributed by atoms with E-state index in [0.29, 0.717) is 11.0 Å². The number of hydrogen-bond donors (Lipinski definition) is 2. The van der Waals surface area contributed by atoms with Crippen LogP contribution in [-0.2, 0) is 4.79 Å². The number of rotatable bonds is 3. The molecule has 24 heavy (non-hydrogen) atoms. The van der Waals surface area contributed by atoms with Gasteiger partial charge in [-0.2, -0.15) is 4.98 Å². The molecule has 0 radical (unpaired) electrons. The van der Waals surface area contributed by atoms with Crippen molar-refractivity contribution >= 4 is 34.6 Å². The summed E-state index contributed by atoms with van der Waals surface area (Å²) in [5, 5.41) is 13.2. The summed E-state index contributed by atoms with van der Waals surface area (Å²) in [6.45, 7) is 4.76. The highest BCUT2D eigenvalue weighted by Crippen LogP contribution is 2.49. The molecule has 1 aliphatic heterocycles. The highest BCUT2D eigenvalue weighted by atomic mass is 35.5. The molecule has 1 aromatic carbocycles. The summed E-state index contributed by atoms with van der Waals surface area (Å²) in [5.41, 5.74) is 0.408. The molecule has 2 aromatic rings. The van der Waals surface area contributed by atoms with Gasteiger partial charge in [0.1, 0.15) is 11.1 Å². The number of amides is 1. The van der Waals surface area contributed by atoms with Gasteiger partial charge in [0.2, 0.25) is 0 Å². The van der Waals surface area contributed by atoms with Crippen LogP contribution >= 0.6 is 11.6 Å². The third-order valence-corrected chi connectivity index (χ3v) is 5.15. The maximum absolute atomic E-state index is 11.8. The fraction of sp³-hybridized carbons (Fsp3) is 0.529. The first-order valence-electron chi connectivity index (χ1n) is 8.09. The number of carbonyl (C=O) groups is 1. The van der Waals surface area contributed by atoms with Crippen LogP contribution in [0.15, 0.2) is 22.6 Å². The largest absolute Gasteiger partial charge is 0.423 e. The number of fused-ring (bicyclic) bond motifs is 1. The van der Waals surface area contributed by atoms with E-state index >= 15 is 0 Å². The molecule has 1 aliphatic carbocycles. The number of oxazole rings is 1. The molecular weight excluding hydrogens is 330 g/mol. The Morgan fingerprint density at radius 1 is 1.46 bits per heavy atom. The van der Waals surface area contributed by atoms with Crippen LogP contribution in [0, 0.1) is 5.41 Å². The Balaban J connectivity index is 1.34. The maximum Gasteiger partial charge on any atom is 0.298 e. The van der Waals surface area contributed by atoms with Crippen LogP contribution in [0.3, 0.4) is 0 Å². The molecule has 2 N–H and O–H groups in total. The zero-order valence-electron chi connectivity index (χ0n) is 13.7. The van der Waals surface area contributed by atoms with Gasteiger partial charge in [-0.1, -0.05) is 11.6 Å². The smallest absolute Gasteiger partial charge is 0.298 e. The molecule has 4 rings (SSSR count). The van der Waals surface area contributed by atoms with Crippen molar-refractivity contribution in [3.63, 3.8) is 0 Å². The number of aromatic nitrogens is 1. The summed E-state index contributed by atoms with van der Waals surface area (Å²) < 4.78 is 5.78. The van der Waals surface area contributed by atoms with E-state index in [1.165, 1.54) is 13.8 Å². The van der Waals surface area contributed by atoms with Gasteiger partial charge in [0.15, 0.2) is 5.58 Å². The van der Waals surface area contributed by atoms with E-state index in [-0.39, 0.29) is 17.4 Å². The van der Waals surface area contributed by atoms with Crippen molar-refractivity contribution in [3.05, 3.63) is 23.2 Å². The van der Waals surface area contributed by atoms with Crippen molar-refractivity contribution in [1.29, 1.82) is 0 Å². The molecule has 128 valence electrons. The van der Waals surface area contributed by atoms with Crippen molar-refractivity contribution in [1.82, 2.24) is 10.3 Å². The molecule has 1 saturated heterocycles. The lowest BCUT2D eigenvalue weighted by Crippen LogP contribution is -2.67. The Kier molecular flexibility index (Phi) is 3.34. The van der Waals surface area contributed by atoms with Crippen molar-refractivity contribution in [2.45, 2.75) is 38.3 Å². The summed E-state index contributed by atoms with van der Waals surface area (Å²) in [4.78, 5) is 18.4. The quantitative estimate of drug-likeness (QED) is 0.889. The first kappa shape index (κ1) is 15.7. The van der Waals surface area contributed by atoms with Gasteiger partial charge in [-0.3, -0.25) is 4.79 Å². The van der Waals surface area contributed by atoms with Gasteiger partial charge in [-0.05, 0) is 44.9 Å². The second-order valence-electron chi connectivity index (χ2n) is 7.60. The number of carbonyl (C=O) groups excluding carboxylic acids is 1. The fourth-order valence-electron chi connectivity index (χ4n) is 3.63. The van der Waals surface area contributed by atoms with E-state index in [2.05, 4.69) is 15.2 Å². The van der Waals surface area contributed by atoms with Crippen LogP contribution in [0.1, 0.15) is 26.7 Å².